The smallest absolute Gasteiger partial charge is 0.217 e. The van der Waals surface area contributed by atoms with E-state index in [-0.39, 0.29) is 27.1 Å². The summed E-state index contributed by atoms with van der Waals surface area (Å²) in [6.45, 7) is 0.417. The van der Waals surface area contributed by atoms with Gasteiger partial charge in [0.25, 0.3) is 0 Å². The molecule has 2 rings (SSSR count). The maximum atomic E-state index is 11.9. The molecule has 0 saturated heterocycles. The van der Waals surface area contributed by atoms with E-state index < -0.39 is 11.6 Å². The van der Waals surface area contributed by atoms with Crippen LogP contribution in [0.3, 0.4) is 0 Å². The molecular formula is C11H7Cl3N2O2S. The second-order valence-corrected chi connectivity index (χ2v) is 5.62. The Bertz CT molecular complexity index is 593. The summed E-state index contributed by atoms with van der Waals surface area (Å²) < 4.78 is 0. The van der Waals surface area contributed by atoms with Crippen molar-refractivity contribution < 1.29 is 9.59 Å². The average molecular weight is 338 g/mol. The lowest BCUT2D eigenvalue weighted by atomic mass is 10.00. The highest BCUT2D eigenvalue weighted by molar-refractivity contribution is 7.13. The van der Waals surface area contributed by atoms with Crippen molar-refractivity contribution in [3.05, 3.63) is 32.2 Å². The van der Waals surface area contributed by atoms with Gasteiger partial charge in [-0.15, -0.1) is 11.3 Å². The minimum absolute atomic E-state index is 0.166. The second kappa shape index (κ2) is 6.05. The first kappa shape index (κ1) is 14.5. The monoisotopic (exact) mass is 336 g/mol. The quantitative estimate of drug-likeness (QED) is 0.857. The highest BCUT2D eigenvalue weighted by Crippen LogP contribution is 2.32. The molecular weight excluding hydrogens is 331 g/mol. The summed E-state index contributed by atoms with van der Waals surface area (Å²) in [6, 6.07) is 0. The van der Waals surface area contributed by atoms with Gasteiger partial charge in [0.1, 0.15) is 10.1 Å². The van der Waals surface area contributed by atoms with E-state index in [9.17, 15) is 9.59 Å². The predicted molar refractivity (Wildman–Crippen MR) is 76.8 cm³/mol. The summed E-state index contributed by atoms with van der Waals surface area (Å²) in [6.07, 6.45) is 1.93. The van der Waals surface area contributed by atoms with Crippen LogP contribution in [0.25, 0.3) is 0 Å². The number of aromatic nitrogens is 1. The number of ketones is 2. The molecule has 1 aliphatic carbocycles. The number of carbonyl (C=O) groups excluding carboxylic acids is 2. The van der Waals surface area contributed by atoms with Gasteiger partial charge in [-0.2, -0.15) is 0 Å². The van der Waals surface area contributed by atoms with Gasteiger partial charge in [-0.25, -0.2) is 4.98 Å². The maximum absolute atomic E-state index is 11.9. The minimum atomic E-state index is -0.614. The summed E-state index contributed by atoms with van der Waals surface area (Å²) in [5.41, 5.74) is 0.171. The molecule has 1 aromatic heterocycles. The van der Waals surface area contributed by atoms with Gasteiger partial charge in [0, 0.05) is 23.7 Å². The molecule has 0 aliphatic heterocycles. The van der Waals surface area contributed by atoms with Crippen LogP contribution in [0.4, 0.5) is 5.13 Å². The van der Waals surface area contributed by atoms with Crippen molar-refractivity contribution in [2.24, 2.45) is 0 Å². The van der Waals surface area contributed by atoms with Crippen LogP contribution < -0.4 is 5.32 Å². The molecule has 0 bridgehead atoms. The number of carbonyl (C=O) groups is 2. The zero-order valence-corrected chi connectivity index (χ0v) is 12.5. The van der Waals surface area contributed by atoms with E-state index in [0.717, 1.165) is 5.13 Å². The highest BCUT2D eigenvalue weighted by Gasteiger charge is 2.31. The van der Waals surface area contributed by atoms with Crippen LogP contribution in [-0.4, -0.2) is 23.1 Å². The summed E-state index contributed by atoms with van der Waals surface area (Å²) in [7, 11) is 0. The van der Waals surface area contributed by atoms with E-state index in [4.69, 9.17) is 34.8 Å². The molecule has 0 atom stereocenters. The summed E-state index contributed by atoms with van der Waals surface area (Å²) in [5, 5.41) is 4.79. The Balaban J connectivity index is 2.07. The first-order chi connectivity index (χ1) is 9.02. The Labute approximate surface area is 128 Å². The van der Waals surface area contributed by atoms with Crippen molar-refractivity contribution in [2.75, 3.05) is 11.9 Å². The molecule has 0 fully saturated rings. The normalized spacial score (nSPS) is 16.4. The van der Waals surface area contributed by atoms with Crippen LogP contribution in [0.1, 0.15) is 6.42 Å². The predicted octanol–water partition coefficient (Wildman–Crippen LogP) is 3.28. The molecule has 4 nitrogen and oxygen atoms in total. The summed E-state index contributed by atoms with van der Waals surface area (Å²) in [5.74, 6) is -1.12. The zero-order valence-electron chi connectivity index (χ0n) is 9.37. The molecule has 0 aromatic carbocycles. The van der Waals surface area contributed by atoms with Gasteiger partial charge in [-0.05, 0) is 6.42 Å². The number of halogens is 3. The number of thiazole rings is 1. The lowest BCUT2D eigenvalue weighted by Crippen LogP contribution is -2.19. The van der Waals surface area contributed by atoms with Gasteiger partial charge >= 0.3 is 0 Å². The molecule has 100 valence electrons. The van der Waals surface area contributed by atoms with Crippen molar-refractivity contribution in [2.45, 2.75) is 6.42 Å². The van der Waals surface area contributed by atoms with Crippen LogP contribution in [0.15, 0.2) is 32.2 Å². The number of hydrogen-bond donors (Lipinski definition) is 1. The highest BCUT2D eigenvalue weighted by atomic mass is 35.5. The number of nitrogens with zero attached hydrogens (tertiary/aromatic N) is 1. The fourth-order valence-electron chi connectivity index (χ4n) is 1.49. The molecule has 19 heavy (non-hydrogen) atoms. The van der Waals surface area contributed by atoms with Crippen LogP contribution in [0.5, 0.6) is 0 Å². The van der Waals surface area contributed by atoms with Gasteiger partial charge in [0.2, 0.25) is 11.6 Å². The Hall–Kier alpha value is -0.880. The van der Waals surface area contributed by atoms with E-state index in [2.05, 4.69) is 10.3 Å². The summed E-state index contributed by atoms with van der Waals surface area (Å²) >= 11 is 18.6. The second-order valence-electron chi connectivity index (χ2n) is 3.59. The van der Waals surface area contributed by atoms with Crippen molar-refractivity contribution in [1.29, 1.82) is 0 Å². The van der Waals surface area contributed by atoms with Gasteiger partial charge in [-0.3, -0.25) is 9.59 Å². The standard InChI is InChI=1S/C11H7Cl3N2O2S/c12-6-5(1-2-15-11-16-3-4-19-11)9(17)7(13)8(14)10(6)18/h3-4H,1-2H2,(H,15,16). The molecule has 1 aromatic rings. The number of nitrogens with one attached hydrogen (secondary N) is 1. The third-order valence-corrected chi connectivity index (χ3v) is 4.36. The number of rotatable bonds is 4. The van der Waals surface area contributed by atoms with Crippen molar-refractivity contribution in [3.63, 3.8) is 0 Å². The fraction of sp³-hybridized carbons (Fsp3) is 0.182. The Morgan fingerprint density at radius 3 is 2.42 bits per heavy atom. The van der Waals surface area contributed by atoms with Gasteiger partial charge < -0.3 is 5.32 Å². The van der Waals surface area contributed by atoms with E-state index in [0.29, 0.717) is 6.54 Å². The third-order valence-electron chi connectivity index (χ3n) is 2.41. The lowest BCUT2D eigenvalue weighted by Gasteiger charge is -2.14. The van der Waals surface area contributed by atoms with Crippen LogP contribution in [0.2, 0.25) is 0 Å². The molecule has 1 N–H and O–H groups in total. The van der Waals surface area contributed by atoms with Crippen LogP contribution >= 0.6 is 46.1 Å². The summed E-state index contributed by atoms with van der Waals surface area (Å²) in [4.78, 5) is 27.5. The first-order valence-corrected chi connectivity index (χ1v) is 7.20. The van der Waals surface area contributed by atoms with E-state index in [1.807, 2.05) is 5.38 Å². The SMILES string of the molecule is O=C1C(Cl)=C(Cl)C(=O)C(CCNc2nccs2)=C1Cl. The molecule has 1 heterocycles. The van der Waals surface area contributed by atoms with Crippen LogP contribution in [-0.2, 0) is 9.59 Å². The number of allylic oxidation sites excluding steroid dienone is 3. The zero-order chi connectivity index (χ0) is 14.0. The van der Waals surface area contributed by atoms with Crippen molar-refractivity contribution in [3.8, 4) is 0 Å². The topological polar surface area (TPSA) is 59.1 Å². The Morgan fingerprint density at radius 1 is 1.11 bits per heavy atom. The van der Waals surface area contributed by atoms with Gasteiger partial charge in [0.05, 0.1) is 5.03 Å². The molecule has 0 saturated carbocycles. The van der Waals surface area contributed by atoms with Gasteiger partial charge in [-0.1, -0.05) is 34.8 Å². The first-order valence-electron chi connectivity index (χ1n) is 5.19. The molecule has 1 aliphatic rings. The Morgan fingerprint density at radius 2 is 1.79 bits per heavy atom. The van der Waals surface area contributed by atoms with E-state index in [1.165, 1.54) is 11.3 Å². The third kappa shape index (κ3) is 3.00. The average Bonchev–Trinajstić information content (AvgIpc) is 2.91. The number of hydrogen-bond acceptors (Lipinski definition) is 5. The molecule has 0 radical (unpaired) electrons. The van der Waals surface area contributed by atoms with Crippen LogP contribution in [0, 0.1) is 0 Å². The largest absolute Gasteiger partial charge is 0.361 e. The van der Waals surface area contributed by atoms with Gasteiger partial charge in [0.15, 0.2) is 5.13 Å². The molecule has 0 unspecified atom stereocenters. The van der Waals surface area contributed by atoms with Crippen molar-refractivity contribution >= 4 is 62.8 Å². The van der Waals surface area contributed by atoms with E-state index >= 15 is 0 Å². The minimum Gasteiger partial charge on any atom is -0.361 e. The number of anilines is 1. The Kier molecular flexibility index (Phi) is 4.62. The molecule has 0 amide bonds. The lowest BCUT2D eigenvalue weighted by molar-refractivity contribution is -0.115. The van der Waals surface area contributed by atoms with Crippen molar-refractivity contribution in [1.82, 2.24) is 4.98 Å². The molecule has 0 spiro atoms. The van der Waals surface area contributed by atoms with E-state index in [1.54, 1.807) is 6.20 Å². The maximum Gasteiger partial charge on any atom is 0.217 e. The molecule has 8 heteroatoms. The fourth-order valence-corrected chi connectivity index (χ4v) is 2.75. The number of Topliss-reactive ketones (excluding diaryl/α,β-unsaturated/α-hetero) is 2.